The summed E-state index contributed by atoms with van der Waals surface area (Å²) in [6.07, 6.45) is 0.327. The molecule has 23 heavy (non-hydrogen) atoms. The third-order valence-electron chi connectivity index (χ3n) is 3.65. The van der Waals surface area contributed by atoms with E-state index in [2.05, 4.69) is 5.32 Å². The number of hydrogen-bond acceptors (Lipinski definition) is 6. The molecule has 0 radical (unpaired) electrons. The van der Waals surface area contributed by atoms with E-state index in [-0.39, 0.29) is 22.8 Å². The van der Waals surface area contributed by atoms with Crippen molar-refractivity contribution >= 4 is 21.7 Å². The molecular formula is C15H19NO6S. The van der Waals surface area contributed by atoms with Crippen LogP contribution in [0.4, 0.5) is 0 Å². The zero-order chi connectivity index (χ0) is 17.3. The van der Waals surface area contributed by atoms with Gasteiger partial charge in [0.25, 0.3) is 5.91 Å². The van der Waals surface area contributed by atoms with Crippen molar-refractivity contribution in [3.63, 3.8) is 0 Å². The van der Waals surface area contributed by atoms with E-state index in [9.17, 15) is 23.1 Å². The molecule has 1 aliphatic rings. The molecule has 0 unspecified atom stereocenters. The molecule has 1 heterocycles. The normalized spacial score (nSPS) is 22.5. The third-order valence-corrected chi connectivity index (χ3v) is 5.55. The van der Waals surface area contributed by atoms with Crippen LogP contribution in [0.15, 0.2) is 18.2 Å². The van der Waals surface area contributed by atoms with Crippen molar-refractivity contribution < 1.29 is 27.9 Å². The second-order valence-electron chi connectivity index (χ2n) is 6.05. The summed E-state index contributed by atoms with van der Waals surface area (Å²) in [7, 11) is -3.14. The molecule has 1 atom stereocenters. The fourth-order valence-electron chi connectivity index (χ4n) is 2.50. The van der Waals surface area contributed by atoms with Crippen LogP contribution >= 0.6 is 0 Å². The molecule has 1 aromatic rings. The molecule has 1 aromatic carbocycles. The summed E-state index contributed by atoms with van der Waals surface area (Å²) in [5, 5.41) is 12.2. The van der Waals surface area contributed by atoms with Crippen molar-refractivity contribution in [2.45, 2.75) is 25.8 Å². The van der Waals surface area contributed by atoms with Gasteiger partial charge in [-0.15, -0.1) is 0 Å². The number of esters is 1. The Morgan fingerprint density at radius 1 is 1.39 bits per heavy atom. The lowest BCUT2D eigenvalue weighted by atomic mass is 10.0. The van der Waals surface area contributed by atoms with Crippen LogP contribution in [-0.2, 0) is 19.4 Å². The van der Waals surface area contributed by atoms with Crippen molar-refractivity contribution in [3.8, 4) is 5.75 Å². The summed E-state index contributed by atoms with van der Waals surface area (Å²) in [6, 6.07) is 4.47. The Morgan fingerprint density at radius 2 is 2.09 bits per heavy atom. The molecule has 0 spiro atoms. The van der Waals surface area contributed by atoms with Crippen LogP contribution in [0.25, 0.3) is 0 Å². The first kappa shape index (κ1) is 17.3. The van der Waals surface area contributed by atoms with Crippen LogP contribution < -0.4 is 5.32 Å². The fraction of sp³-hybridized carbons (Fsp3) is 0.467. The van der Waals surface area contributed by atoms with Crippen molar-refractivity contribution in [2.24, 2.45) is 0 Å². The van der Waals surface area contributed by atoms with Crippen LogP contribution in [0, 0.1) is 6.92 Å². The number of sulfone groups is 1. The number of phenols is 1. The third kappa shape index (κ3) is 4.44. The molecule has 0 saturated carbocycles. The summed E-state index contributed by atoms with van der Waals surface area (Å²) < 4.78 is 27.8. The van der Waals surface area contributed by atoms with Crippen LogP contribution in [0.2, 0.25) is 0 Å². The molecule has 2 N–H and O–H groups in total. The maximum absolute atomic E-state index is 11.9. The van der Waals surface area contributed by atoms with Gasteiger partial charge in [-0.1, -0.05) is 11.6 Å². The van der Waals surface area contributed by atoms with Gasteiger partial charge < -0.3 is 15.2 Å². The lowest BCUT2D eigenvalue weighted by molar-refractivity contribution is -0.125. The Morgan fingerprint density at radius 3 is 2.70 bits per heavy atom. The first-order valence-corrected chi connectivity index (χ1v) is 8.91. The lowest BCUT2D eigenvalue weighted by Crippen LogP contribution is -2.48. The largest absolute Gasteiger partial charge is 0.507 e. The minimum absolute atomic E-state index is 0.0209. The van der Waals surface area contributed by atoms with Crippen LogP contribution in [0.3, 0.4) is 0 Å². The molecule has 0 aromatic heterocycles. The molecule has 1 amide bonds. The monoisotopic (exact) mass is 341 g/mol. The first-order chi connectivity index (χ1) is 10.6. The Balaban J connectivity index is 1.92. The fourth-order valence-corrected chi connectivity index (χ4v) is 4.60. The number of hydrogen-bond donors (Lipinski definition) is 2. The summed E-state index contributed by atoms with van der Waals surface area (Å²) in [5.41, 5.74) is -0.0938. The number of aryl methyl sites for hydroxylation is 1. The number of phenolic OH excluding ortho intramolecular Hbond substituents is 1. The zero-order valence-electron chi connectivity index (χ0n) is 13.0. The predicted molar refractivity (Wildman–Crippen MR) is 82.9 cm³/mol. The van der Waals surface area contributed by atoms with Crippen LogP contribution in [0.1, 0.15) is 29.3 Å². The highest BCUT2D eigenvalue weighted by molar-refractivity contribution is 7.91. The number of rotatable bonds is 4. The van der Waals surface area contributed by atoms with Crippen molar-refractivity contribution in [1.82, 2.24) is 5.32 Å². The van der Waals surface area contributed by atoms with Gasteiger partial charge in [0.2, 0.25) is 0 Å². The van der Waals surface area contributed by atoms with Gasteiger partial charge in [-0.25, -0.2) is 13.2 Å². The molecule has 8 heteroatoms. The molecular weight excluding hydrogens is 322 g/mol. The molecule has 2 rings (SSSR count). The zero-order valence-corrected chi connectivity index (χ0v) is 13.8. The number of carbonyl (C=O) groups excluding carboxylic acids is 2. The number of aromatic hydroxyl groups is 1. The number of nitrogens with one attached hydrogen (secondary N) is 1. The van der Waals surface area contributed by atoms with Gasteiger partial charge in [-0.05, 0) is 32.4 Å². The Labute approximate surface area is 134 Å². The topological polar surface area (TPSA) is 110 Å². The minimum Gasteiger partial charge on any atom is -0.507 e. The number of amides is 1. The molecule has 0 bridgehead atoms. The molecule has 7 nitrogen and oxygen atoms in total. The Kier molecular flexibility index (Phi) is 4.65. The standard InChI is InChI=1S/C15H19NO6S/c1-10-3-4-12(17)11(7-10)14(19)22-8-13(18)16-15(2)5-6-23(20,21)9-15/h3-4,7,17H,5-6,8-9H2,1-2H3,(H,16,18)/t15-/m0/s1. The van der Waals surface area contributed by atoms with E-state index in [1.807, 2.05) is 0 Å². The Bertz CT molecular complexity index is 742. The van der Waals surface area contributed by atoms with Gasteiger partial charge >= 0.3 is 5.97 Å². The number of carbonyl (C=O) groups is 2. The summed E-state index contributed by atoms with van der Waals surface area (Å²) in [4.78, 5) is 23.7. The highest BCUT2D eigenvalue weighted by Crippen LogP contribution is 2.23. The van der Waals surface area contributed by atoms with Gasteiger partial charge in [0.1, 0.15) is 11.3 Å². The van der Waals surface area contributed by atoms with Gasteiger partial charge in [0.05, 0.1) is 17.0 Å². The molecule has 0 aliphatic carbocycles. The quantitative estimate of drug-likeness (QED) is 0.774. The minimum atomic E-state index is -3.14. The maximum atomic E-state index is 11.9. The van der Waals surface area contributed by atoms with E-state index < -0.39 is 33.9 Å². The van der Waals surface area contributed by atoms with E-state index in [0.717, 1.165) is 5.56 Å². The van der Waals surface area contributed by atoms with Gasteiger partial charge in [-0.3, -0.25) is 4.79 Å². The molecule has 1 saturated heterocycles. The average molecular weight is 341 g/mol. The highest BCUT2D eigenvalue weighted by Gasteiger charge is 2.39. The highest BCUT2D eigenvalue weighted by atomic mass is 32.2. The Hall–Kier alpha value is -2.09. The molecule has 1 fully saturated rings. The van der Waals surface area contributed by atoms with Crippen LogP contribution in [-0.4, -0.2) is 49.1 Å². The lowest BCUT2D eigenvalue weighted by Gasteiger charge is -2.23. The second kappa shape index (κ2) is 6.19. The van der Waals surface area contributed by atoms with E-state index in [1.54, 1.807) is 19.9 Å². The van der Waals surface area contributed by atoms with E-state index in [0.29, 0.717) is 6.42 Å². The smallest absolute Gasteiger partial charge is 0.342 e. The van der Waals surface area contributed by atoms with Gasteiger partial charge in [-0.2, -0.15) is 0 Å². The summed E-state index contributed by atoms with van der Waals surface area (Å²) >= 11 is 0. The van der Waals surface area contributed by atoms with Crippen molar-refractivity contribution in [1.29, 1.82) is 0 Å². The first-order valence-electron chi connectivity index (χ1n) is 7.08. The maximum Gasteiger partial charge on any atom is 0.342 e. The summed E-state index contributed by atoms with van der Waals surface area (Å²) in [6.45, 7) is 2.86. The number of ether oxygens (including phenoxy) is 1. The van der Waals surface area contributed by atoms with Crippen molar-refractivity contribution in [2.75, 3.05) is 18.1 Å². The second-order valence-corrected chi connectivity index (χ2v) is 8.23. The van der Waals surface area contributed by atoms with Gasteiger partial charge in [0.15, 0.2) is 16.4 Å². The van der Waals surface area contributed by atoms with E-state index >= 15 is 0 Å². The number of benzene rings is 1. The average Bonchev–Trinajstić information content (AvgIpc) is 2.72. The predicted octanol–water partition coefficient (Wildman–Crippen LogP) is 0.551. The summed E-state index contributed by atoms with van der Waals surface area (Å²) in [5.74, 6) is -1.72. The molecule has 1 aliphatic heterocycles. The molecule has 126 valence electrons. The van der Waals surface area contributed by atoms with E-state index in [4.69, 9.17) is 4.74 Å². The van der Waals surface area contributed by atoms with Crippen molar-refractivity contribution in [3.05, 3.63) is 29.3 Å². The SMILES string of the molecule is Cc1ccc(O)c(C(=O)OCC(=O)N[C@@]2(C)CCS(=O)(=O)C2)c1. The van der Waals surface area contributed by atoms with Gasteiger partial charge in [0, 0.05) is 0 Å². The van der Waals surface area contributed by atoms with Crippen LogP contribution in [0.5, 0.6) is 5.75 Å². The van der Waals surface area contributed by atoms with E-state index in [1.165, 1.54) is 12.1 Å².